The molecule has 0 bridgehead atoms. The zero-order chi connectivity index (χ0) is 12.3. The van der Waals surface area contributed by atoms with Crippen LogP contribution in [0.3, 0.4) is 0 Å². The molecule has 1 aromatic carbocycles. The number of aliphatic hydroxyl groups is 1. The van der Waals surface area contributed by atoms with Crippen LogP contribution in [-0.2, 0) is 6.42 Å². The molecule has 0 saturated carbocycles. The number of hydrogen-bond acceptors (Lipinski definition) is 3. The molecule has 1 heterocycles. The second-order valence-electron chi connectivity index (χ2n) is 4.49. The van der Waals surface area contributed by atoms with Crippen LogP contribution >= 0.6 is 11.3 Å². The Balaban J connectivity index is 2.04. The Kier molecular flexibility index (Phi) is 3.92. The fourth-order valence-corrected chi connectivity index (χ4v) is 2.37. The van der Waals surface area contributed by atoms with Gasteiger partial charge in [0.05, 0.1) is 0 Å². The van der Waals surface area contributed by atoms with Crippen LogP contribution in [0, 0.1) is 0 Å². The van der Waals surface area contributed by atoms with Crippen LogP contribution in [0.15, 0.2) is 35.8 Å². The predicted molar refractivity (Wildman–Crippen MR) is 71.3 cm³/mol. The van der Waals surface area contributed by atoms with E-state index in [0.29, 0.717) is 12.3 Å². The zero-order valence-corrected chi connectivity index (χ0v) is 10.9. The molecule has 0 aliphatic heterocycles. The minimum Gasteiger partial charge on any atom is -0.386 e. The van der Waals surface area contributed by atoms with Crippen LogP contribution in [0.4, 0.5) is 0 Å². The molecule has 0 fully saturated rings. The maximum Gasteiger partial charge on any atom is 0.121 e. The molecule has 17 heavy (non-hydrogen) atoms. The van der Waals surface area contributed by atoms with Crippen molar-refractivity contribution >= 4 is 11.3 Å². The van der Waals surface area contributed by atoms with Crippen molar-refractivity contribution < 1.29 is 5.11 Å². The van der Waals surface area contributed by atoms with Gasteiger partial charge in [0.1, 0.15) is 11.1 Å². The average Bonchev–Trinajstić information content (AvgIpc) is 2.83. The molecule has 0 spiro atoms. The first-order valence-electron chi connectivity index (χ1n) is 5.83. The van der Waals surface area contributed by atoms with Crippen molar-refractivity contribution in [1.82, 2.24) is 4.98 Å². The maximum atomic E-state index is 9.99. The highest BCUT2D eigenvalue weighted by atomic mass is 32.1. The number of thiazole rings is 1. The van der Waals surface area contributed by atoms with Crippen LogP contribution in [0.1, 0.15) is 42.0 Å². The van der Waals surface area contributed by atoms with E-state index >= 15 is 0 Å². The van der Waals surface area contributed by atoms with Crippen molar-refractivity contribution in [2.75, 3.05) is 0 Å². The largest absolute Gasteiger partial charge is 0.386 e. The van der Waals surface area contributed by atoms with Gasteiger partial charge in [-0.15, -0.1) is 11.3 Å². The lowest BCUT2D eigenvalue weighted by atomic mass is 10.00. The lowest BCUT2D eigenvalue weighted by Gasteiger charge is -2.09. The van der Waals surface area contributed by atoms with Gasteiger partial charge in [0.25, 0.3) is 0 Å². The van der Waals surface area contributed by atoms with Gasteiger partial charge >= 0.3 is 0 Å². The lowest BCUT2D eigenvalue weighted by Crippen LogP contribution is -2.01. The molecule has 1 N–H and O–H groups in total. The molecule has 1 unspecified atom stereocenters. The molecule has 0 saturated heterocycles. The SMILES string of the molecule is CC(C)c1ccc(CC(O)c2nccs2)cc1. The van der Waals surface area contributed by atoms with Gasteiger partial charge in [-0.2, -0.15) is 0 Å². The average molecular weight is 247 g/mol. The minimum absolute atomic E-state index is 0.486. The first kappa shape index (κ1) is 12.3. The Morgan fingerprint density at radius 2 is 1.94 bits per heavy atom. The number of aliphatic hydroxyl groups excluding tert-OH is 1. The third kappa shape index (κ3) is 3.14. The van der Waals surface area contributed by atoms with Gasteiger partial charge in [-0.25, -0.2) is 4.98 Å². The summed E-state index contributed by atoms with van der Waals surface area (Å²) in [6.45, 7) is 4.36. The Morgan fingerprint density at radius 3 is 2.47 bits per heavy atom. The van der Waals surface area contributed by atoms with Gasteiger partial charge in [0.15, 0.2) is 0 Å². The number of hydrogen-bond donors (Lipinski definition) is 1. The van der Waals surface area contributed by atoms with E-state index in [2.05, 4.69) is 43.1 Å². The summed E-state index contributed by atoms with van der Waals surface area (Å²) in [6, 6.07) is 8.45. The third-order valence-electron chi connectivity index (χ3n) is 2.81. The van der Waals surface area contributed by atoms with E-state index in [4.69, 9.17) is 0 Å². The van der Waals surface area contributed by atoms with Gasteiger partial charge in [-0.05, 0) is 17.0 Å². The predicted octanol–water partition coefficient (Wildman–Crippen LogP) is 3.54. The molecule has 2 rings (SSSR count). The van der Waals surface area contributed by atoms with Gasteiger partial charge in [0, 0.05) is 18.0 Å². The summed E-state index contributed by atoms with van der Waals surface area (Å²) in [5, 5.41) is 12.7. The fraction of sp³-hybridized carbons (Fsp3) is 0.357. The van der Waals surface area contributed by atoms with Crippen LogP contribution in [0.5, 0.6) is 0 Å². The summed E-state index contributed by atoms with van der Waals surface area (Å²) in [7, 11) is 0. The first-order valence-corrected chi connectivity index (χ1v) is 6.71. The molecule has 1 aromatic heterocycles. The van der Waals surface area contributed by atoms with E-state index in [0.717, 1.165) is 10.6 Å². The summed E-state index contributed by atoms with van der Waals surface area (Å²) in [5.74, 6) is 0.549. The van der Waals surface area contributed by atoms with E-state index in [1.807, 2.05) is 5.38 Å². The van der Waals surface area contributed by atoms with Gasteiger partial charge < -0.3 is 5.11 Å². The Hall–Kier alpha value is -1.19. The minimum atomic E-state index is -0.486. The molecule has 0 radical (unpaired) electrons. The lowest BCUT2D eigenvalue weighted by molar-refractivity contribution is 0.178. The number of benzene rings is 1. The van der Waals surface area contributed by atoms with E-state index in [1.54, 1.807) is 6.20 Å². The van der Waals surface area contributed by atoms with Crippen LogP contribution in [0.25, 0.3) is 0 Å². The zero-order valence-electron chi connectivity index (χ0n) is 10.1. The molecule has 0 amide bonds. The van der Waals surface area contributed by atoms with Crippen molar-refractivity contribution in [3.05, 3.63) is 52.0 Å². The summed E-state index contributed by atoms with van der Waals surface area (Å²) >= 11 is 1.50. The van der Waals surface area contributed by atoms with E-state index in [-0.39, 0.29) is 0 Å². The standard InChI is InChI=1S/C14H17NOS/c1-10(2)12-5-3-11(4-6-12)9-13(16)14-15-7-8-17-14/h3-8,10,13,16H,9H2,1-2H3. The monoisotopic (exact) mass is 247 g/mol. The molecule has 0 aliphatic carbocycles. The molecule has 3 heteroatoms. The van der Waals surface area contributed by atoms with E-state index < -0.39 is 6.10 Å². The quantitative estimate of drug-likeness (QED) is 0.896. The van der Waals surface area contributed by atoms with Crippen molar-refractivity contribution in [1.29, 1.82) is 0 Å². The highest BCUT2D eigenvalue weighted by Crippen LogP contribution is 2.21. The summed E-state index contributed by atoms with van der Waals surface area (Å²) in [6.07, 6.45) is 1.87. The number of aromatic nitrogens is 1. The van der Waals surface area contributed by atoms with Crippen LogP contribution < -0.4 is 0 Å². The summed E-state index contributed by atoms with van der Waals surface area (Å²) < 4.78 is 0. The van der Waals surface area contributed by atoms with Gasteiger partial charge in [-0.3, -0.25) is 0 Å². The molecule has 2 nitrogen and oxygen atoms in total. The molecule has 0 aliphatic rings. The topological polar surface area (TPSA) is 33.1 Å². The first-order chi connectivity index (χ1) is 8.16. The molecular formula is C14H17NOS. The van der Waals surface area contributed by atoms with E-state index in [1.165, 1.54) is 16.9 Å². The van der Waals surface area contributed by atoms with E-state index in [9.17, 15) is 5.11 Å². The highest BCUT2D eigenvalue weighted by molar-refractivity contribution is 7.09. The number of nitrogens with zero attached hydrogens (tertiary/aromatic N) is 1. The third-order valence-corrected chi connectivity index (χ3v) is 3.69. The van der Waals surface area contributed by atoms with Gasteiger partial charge in [-0.1, -0.05) is 38.1 Å². The number of rotatable bonds is 4. The Morgan fingerprint density at radius 1 is 1.24 bits per heavy atom. The maximum absolute atomic E-state index is 9.99. The smallest absolute Gasteiger partial charge is 0.121 e. The molecule has 90 valence electrons. The molecule has 1 atom stereocenters. The summed E-state index contributed by atoms with van der Waals surface area (Å²) in [5.41, 5.74) is 2.48. The fourth-order valence-electron chi connectivity index (χ4n) is 1.75. The van der Waals surface area contributed by atoms with Crippen LogP contribution in [-0.4, -0.2) is 10.1 Å². The Labute approximate surface area is 106 Å². The van der Waals surface area contributed by atoms with Gasteiger partial charge in [0.2, 0.25) is 0 Å². The molecular weight excluding hydrogens is 230 g/mol. The van der Waals surface area contributed by atoms with Crippen molar-refractivity contribution in [2.24, 2.45) is 0 Å². The normalized spacial score (nSPS) is 12.9. The van der Waals surface area contributed by atoms with Crippen molar-refractivity contribution in [3.8, 4) is 0 Å². The second-order valence-corrected chi connectivity index (χ2v) is 5.41. The van der Waals surface area contributed by atoms with Crippen molar-refractivity contribution in [3.63, 3.8) is 0 Å². The Bertz CT molecular complexity index is 448. The molecule has 2 aromatic rings. The highest BCUT2D eigenvalue weighted by Gasteiger charge is 2.11. The second kappa shape index (κ2) is 5.43. The van der Waals surface area contributed by atoms with Crippen molar-refractivity contribution in [2.45, 2.75) is 32.3 Å². The van der Waals surface area contributed by atoms with Crippen LogP contribution in [0.2, 0.25) is 0 Å². The summed E-state index contributed by atoms with van der Waals surface area (Å²) in [4.78, 5) is 4.13.